The van der Waals surface area contributed by atoms with E-state index in [1.54, 1.807) is 0 Å². The van der Waals surface area contributed by atoms with E-state index in [-0.39, 0.29) is 11.2 Å². The minimum Gasteiger partial charge on any atom is -0.361 e. The lowest BCUT2D eigenvalue weighted by Crippen LogP contribution is -2.00. The Morgan fingerprint density at radius 3 is 2.56 bits per heavy atom. The number of pyridine rings is 1. The van der Waals surface area contributed by atoms with Gasteiger partial charge in [0.15, 0.2) is 5.43 Å². The minimum atomic E-state index is -0.306. The first-order valence-electron chi connectivity index (χ1n) is 5.04. The van der Waals surface area contributed by atoms with Gasteiger partial charge in [-0.3, -0.25) is 4.79 Å². The second-order valence-corrected chi connectivity index (χ2v) is 3.88. The number of aryl methyl sites for hydroxylation is 2. The second kappa shape index (κ2) is 3.93. The fraction of sp³-hybridized carbons (Fsp3) is 0.154. The number of rotatable bonds is 1. The van der Waals surface area contributed by atoms with Gasteiger partial charge in [0.25, 0.3) is 0 Å². The quantitative estimate of drug-likeness (QED) is 0.782. The highest BCUT2D eigenvalue weighted by molar-refractivity contribution is 5.64. The summed E-state index contributed by atoms with van der Waals surface area (Å²) in [6.45, 7) is 3.67. The third kappa shape index (κ3) is 1.89. The lowest BCUT2D eigenvalue weighted by molar-refractivity contribution is 0.628. The fourth-order valence-electron chi connectivity index (χ4n) is 1.85. The van der Waals surface area contributed by atoms with Crippen LogP contribution < -0.4 is 5.43 Å². The molecule has 0 fully saturated rings. The number of aromatic amines is 1. The molecule has 0 radical (unpaired) electrons. The molecule has 0 spiro atoms. The first-order valence-corrected chi connectivity index (χ1v) is 5.04. The van der Waals surface area contributed by atoms with E-state index in [2.05, 4.69) is 4.98 Å². The predicted molar refractivity (Wildman–Crippen MR) is 61.9 cm³/mol. The van der Waals surface area contributed by atoms with Crippen molar-refractivity contribution in [3.8, 4) is 11.3 Å². The average Bonchev–Trinajstić information content (AvgIpc) is 2.15. The van der Waals surface area contributed by atoms with Crippen molar-refractivity contribution in [2.24, 2.45) is 0 Å². The Morgan fingerprint density at radius 1 is 1.19 bits per heavy atom. The number of nitrogens with one attached hydrogen (secondary N) is 1. The van der Waals surface area contributed by atoms with Gasteiger partial charge in [-0.2, -0.15) is 0 Å². The highest BCUT2D eigenvalue weighted by Crippen LogP contribution is 2.24. The van der Waals surface area contributed by atoms with Crippen molar-refractivity contribution in [1.82, 2.24) is 4.98 Å². The maximum absolute atomic E-state index is 13.8. The van der Waals surface area contributed by atoms with Gasteiger partial charge in [0.2, 0.25) is 0 Å². The van der Waals surface area contributed by atoms with Crippen molar-refractivity contribution in [2.75, 3.05) is 0 Å². The van der Waals surface area contributed by atoms with E-state index in [1.165, 1.54) is 24.4 Å². The first-order chi connectivity index (χ1) is 7.58. The summed E-state index contributed by atoms with van der Waals surface area (Å²) in [7, 11) is 0. The lowest BCUT2D eigenvalue weighted by Gasteiger charge is -2.08. The van der Waals surface area contributed by atoms with E-state index in [0.717, 1.165) is 11.1 Å². The van der Waals surface area contributed by atoms with Crippen LogP contribution in [0.3, 0.4) is 0 Å². The smallest absolute Gasteiger partial charge is 0.182 e. The highest BCUT2D eigenvalue weighted by atomic mass is 19.1. The van der Waals surface area contributed by atoms with Crippen molar-refractivity contribution in [3.05, 3.63) is 57.6 Å². The summed E-state index contributed by atoms with van der Waals surface area (Å²) in [4.78, 5) is 14.1. The zero-order valence-corrected chi connectivity index (χ0v) is 9.17. The van der Waals surface area contributed by atoms with Gasteiger partial charge in [-0.25, -0.2) is 4.39 Å². The molecule has 0 saturated heterocycles. The van der Waals surface area contributed by atoms with Gasteiger partial charge in [-0.05, 0) is 31.0 Å². The molecule has 1 aromatic heterocycles. The van der Waals surface area contributed by atoms with Crippen LogP contribution in [0.15, 0.2) is 35.3 Å². The SMILES string of the molecule is Cc1cc(C)c(-c2cc(=O)cc[nH]2)c(F)c1. The number of aromatic nitrogens is 1. The third-order valence-corrected chi connectivity index (χ3v) is 2.47. The normalized spacial score (nSPS) is 10.4. The van der Waals surface area contributed by atoms with Crippen LogP contribution in [0.2, 0.25) is 0 Å². The molecule has 2 aromatic rings. The first kappa shape index (κ1) is 10.6. The second-order valence-electron chi connectivity index (χ2n) is 3.88. The maximum Gasteiger partial charge on any atom is 0.182 e. The number of hydrogen-bond acceptors (Lipinski definition) is 1. The molecule has 0 saturated carbocycles. The van der Waals surface area contributed by atoms with E-state index in [1.807, 2.05) is 19.9 Å². The Kier molecular flexibility index (Phi) is 2.60. The number of hydrogen-bond donors (Lipinski definition) is 1. The molecule has 0 unspecified atom stereocenters. The molecule has 0 aliphatic rings. The van der Waals surface area contributed by atoms with Gasteiger partial charge in [0.05, 0.1) is 5.69 Å². The standard InChI is InChI=1S/C13H12FNO/c1-8-5-9(2)13(11(14)6-8)12-7-10(16)3-4-15-12/h3-7H,1-2H3,(H,15,16). The molecule has 2 rings (SSSR count). The van der Waals surface area contributed by atoms with Crippen molar-refractivity contribution >= 4 is 0 Å². The van der Waals surface area contributed by atoms with Gasteiger partial charge >= 0.3 is 0 Å². The topological polar surface area (TPSA) is 32.9 Å². The molecular weight excluding hydrogens is 205 g/mol. The molecule has 1 aromatic carbocycles. The van der Waals surface area contributed by atoms with Gasteiger partial charge < -0.3 is 4.98 Å². The molecule has 3 heteroatoms. The molecule has 0 bridgehead atoms. The molecule has 1 heterocycles. The maximum atomic E-state index is 13.8. The number of halogens is 1. The van der Waals surface area contributed by atoms with Crippen LogP contribution >= 0.6 is 0 Å². The summed E-state index contributed by atoms with van der Waals surface area (Å²) in [5, 5.41) is 0. The Morgan fingerprint density at radius 2 is 1.94 bits per heavy atom. The Labute approximate surface area is 92.8 Å². The Balaban J connectivity index is 2.69. The molecule has 0 aliphatic heterocycles. The average molecular weight is 217 g/mol. The molecule has 0 amide bonds. The van der Waals surface area contributed by atoms with Crippen LogP contribution in [0.5, 0.6) is 0 Å². The summed E-state index contributed by atoms with van der Waals surface area (Å²) < 4.78 is 13.8. The Hall–Kier alpha value is -1.90. The summed E-state index contributed by atoms with van der Waals surface area (Å²) in [6, 6.07) is 6.17. The zero-order valence-electron chi connectivity index (χ0n) is 9.17. The summed E-state index contributed by atoms with van der Waals surface area (Å²) in [6.07, 6.45) is 1.52. The summed E-state index contributed by atoms with van der Waals surface area (Å²) in [5.74, 6) is -0.306. The van der Waals surface area contributed by atoms with Crippen LogP contribution in [0.4, 0.5) is 4.39 Å². The molecule has 0 atom stereocenters. The van der Waals surface area contributed by atoms with Gasteiger partial charge in [0.1, 0.15) is 5.82 Å². The number of H-pyrrole nitrogens is 1. The van der Waals surface area contributed by atoms with Crippen molar-refractivity contribution in [1.29, 1.82) is 0 Å². The van der Waals surface area contributed by atoms with Crippen molar-refractivity contribution in [2.45, 2.75) is 13.8 Å². The molecule has 16 heavy (non-hydrogen) atoms. The van der Waals surface area contributed by atoms with E-state index in [0.29, 0.717) is 11.3 Å². The van der Waals surface area contributed by atoms with Crippen LogP contribution in [-0.2, 0) is 0 Å². The van der Waals surface area contributed by atoms with Gasteiger partial charge in [0, 0.05) is 23.9 Å². The third-order valence-electron chi connectivity index (χ3n) is 2.47. The van der Waals surface area contributed by atoms with Gasteiger partial charge in [-0.1, -0.05) is 6.07 Å². The minimum absolute atomic E-state index is 0.131. The monoisotopic (exact) mass is 217 g/mol. The van der Waals surface area contributed by atoms with Gasteiger partial charge in [-0.15, -0.1) is 0 Å². The molecule has 2 nitrogen and oxygen atoms in total. The zero-order chi connectivity index (χ0) is 11.7. The highest BCUT2D eigenvalue weighted by Gasteiger charge is 2.09. The van der Waals surface area contributed by atoms with E-state index < -0.39 is 0 Å². The van der Waals surface area contributed by atoms with E-state index >= 15 is 0 Å². The molecular formula is C13H12FNO. The van der Waals surface area contributed by atoms with E-state index in [4.69, 9.17) is 0 Å². The van der Waals surface area contributed by atoms with Crippen LogP contribution in [0, 0.1) is 19.7 Å². The Bertz CT molecular complexity index is 563. The largest absolute Gasteiger partial charge is 0.361 e. The molecule has 82 valence electrons. The van der Waals surface area contributed by atoms with Crippen LogP contribution in [-0.4, -0.2) is 4.98 Å². The predicted octanol–water partition coefficient (Wildman–Crippen LogP) is 2.80. The van der Waals surface area contributed by atoms with Crippen LogP contribution in [0.1, 0.15) is 11.1 Å². The summed E-state index contributed by atoms with van der Waals surface area (Å²) >= 11 is 0. The van der Waals surface area contributed by atoms with Crippen LogP contribution in [0.25, 0.3) is 11.3 Å². The molecule has 1 N–H and O–H groups in total. The molecule has 0 aliphatic carbocycles. The number of benzene rings is 1. The lowest BCUT2D eigenvalue weighted by atomic mass is 10.0. The summed E-state index contributed by atoms with van der Waals surface area (Å²) in [5.41, 5.74) is 2.54. The van der Waals surface area contributed by atoms with Crippen molar-refractivity contribution < 1.29 is 4.39 Å². The van der Waals surface area contributed by atoms with Crippen molar-refractivity contribution in [3.63, 3.8) is 0 Å². The van der Waals surface area contributed by atoms with E-state index in [9.17, 15) is 9.18 Å². The fourth-order valence-corrected chi connectivity index (χ4v) is 1.85.